The fourth-order valence-electron chi connectivity index (χ4n) is 1.17. The Morgan fingerprint density at radius 2 is 2.25 bits per heavy atom. The first-order chi connectivity index (χ1) is 7.41. The summed E-state index contributed by atoms with van der Waals surface area (Å²) in [6.45, 7) is 0.129. The van der Waals surface area contributed by atoms with Gasteiger partial charge in [0.15, 0.2) is 0 Å². The van der Waals surface area contributed by atoms with Gasteiger partial charge in [-0.2, -0.15) is 0 Å². The number of hydrogen-bond acceptors (Lipinski definition) is 2. The van der Waals surface area contributed by atoms with Crippen molar-refractivity contribution >= 4 is 39.0 Å². The molecule has 0 aliphatic rings. The lowest BCUT2D eigenvalue weighted by molar-refractivity contribution is 0.0810. The summed E-state index contributed by atoms with van der Waals surface area (Å²) in [4.78, 5) is 13.2. The molecule has 1 amide bonds. The molecule has 0 aliphatic carbocycles. The van der Waals surface area contributed by atoms with Crippen LogP contribution in [0.15, 0.2) is 22.7 Å². The van der Waals surface area contributed by atoms with Crippen LogP contribution in [-0.2, 0) is 0 Å². The summed E-state index contributed by atoms with van der Waals surface area (Å²) in [6.07, 6.45) is 0. The second-order valence-electron chi connectivity index (χ2n) is 3.25. The molecule has 0 radical (unpaired) electrons. The molecule has 0 saturated carbocycles. The number of nitrogens with zero attached hydrogens (tertiary/aromatic N) is 1. The monoisotopic (exact) mass is 304 g/mol. The van der Waals surface area contributed by atoms with Crippen LogP contribution >= 0.6 is 28.1 Å². The first kappa shape index (κ1) is 13.1. The lowest BCUT2D eigenvalue weighted by Crippen LogP contribution is -2.34. The van der Waals surface area contributed by atoms with Crippen molar-refractivity contribution in [3.05, 3.63) is 34.1 Å². The fourth-order valence-corrected chi connectivity index (χ4v) is 1.70. The van der Waals surface area contributed by atoms with E-state index in [0.29, 0.717) is 4.47 Å². The molecule has 3 nitrogen and oxygen atoms in total. The lowest BCUT2D eigenvalue weighted by atomic mass is 10.2. The maximum Gasteiger partial charge on any atom is 0.256 e. The van der Waals surface area contributed by atoms with Gasteiger partial charge in [-0.1, -0.05) is 28.1 Å². The second-order valence-corrected chi connectivity index (χ2v) is 4.69. The van der Waals surface area contributed by atoms with E-state index in [-0.39, 0.29) is 17.1 Å². The number of carbonyl (C=O) groups is 1. The van der Waals surface area contributed by atoms with E-state index in [0.717, 1.165) is 0 Å². The molecule has 16 heavy (non-hydrogen) atoms. The van der Waals surface area contributed by atoms with Gasteiger partial charge in [0.25, 0.3) is 5.91 Å². The molecular weight excluding hydrogens is 295 g/mol. The number of hydrogen-bond donors (Lipinski definition) is 1. The van der Waals surface area contributed by atoms with Crippen LogP contribution in [0.5, 0.6) is 0 Å². The van der Waals surface area contributed by atoms with Crippen molar-refractivity contribution in [1.82, 2.24) is 4.90 Å². The van der Waals surface area contributed by atoms with Crippen molar-refractivity contribution in [2.45, 2.75) is 0 Å². The highest BCUT2D eigenvalue weighted by Gasteiger charge is 2.16. The van der Waals surface area contributed by atoms with Crippen LogP contribution in [0.4, 0.5) is 4.39 Å². The first-order valence-corrected chi connectivity index (χ1v) is 5.60. The molecule has 0 aromatic heterocycles. The molecule has 86 valence electrons. The molecule has 2 N–H and O–H groups in total. The standard InChI is InChI=1S/C10H10BrFN2OS/c1-14(5-9(13)16)10(15)7-3-2-6(11)4-8(7)12/h2-4H,5H2,1H3,(H2,13,16). The molecular formula is C10H10BrFN2OS. The molecule has 0 aliphatic heterocycles. The van der Waals surface area contributed by atoms with Gasteiger partial charge in [0.05, 0.1) is 17.1 Å². The maximum absolute atomic E-state index is 13.5. The summed E-state index contributed by atoms with van der Waals surface area (Å²) in [5.74, 6) is -1.02. The van der Waals surface area contributed by atoms with E-state index < -0.39 is 11.7 Å². The number of thiocarbonyl (C=S) groups is 1. The van der Waals surface area contributed by atoms with Crippen molar-refractivity contribution in [2.75, 3.05) is 13.6 Å². The summed E-state index contributed by atoms with van der Waals surface area (Å²) < 4.78 is 14.0. The average Bonchev–Trinajstić information content (AvgIpc) is 2.15. The average molecular weight is 305 g/mol. The number of benzene rings is 1. The highest BCUT2D eigenvalue weighted by Crippen LogP contribution is 2.16. The third kappa shape index (κ3) is 3.24. The minimum atomic E-state index is -0.575. The summed E-state index contributed by atoms with van der Waals surface area (Å²) in [5.41, 5.74) is 5.31. The number of rotatable bonds is 3. The molecule has 0 unspecified atom stereocenters. The van der Waals surface area contributed by atoms with E-state index in [4.69, 9.17) is 5.73 Å². The Hall–Kier alpha value is -1.01. The van der Waals surface area contributed by atoms with Crippen LogP contribution in [0.25, 0.3) is 0 Å². The Bertz CT molecular complexity index is 439. The highest BCUT2D eigenvalue weighted by molar-refractivity contribution is 9.10. The van der Waals surface area contributed by atoms with E-state index in [1.165, 1.54) is 24.1 Å². The molecule has 0 atom stereocenters. The van der Waals surface area contributed by atoms with Gasteiger partial charge in [-0.05, 0) is 18.2 Å². The van der Waals surface area contributed by atoms with Crippen molar-refractivity contribution in [2.24, 2.45) is 5.73 Å². The quantitative estimate of drug-likeness (QED) is 0.868. The predicted octanol–water partition coefficient (Wildman–Crippen LogP) is 1.95. The highest BCUT2D eigenvalue weighted by atomic mass is 79.9. The number of likely N-dealkylation sites (N-methyl/N-ethyl adjacent to an activating group) is 1. The maximum atomic E-state index is 13.5. The van der Waals surface area contributed by atoms with E-state index >= 15 is 0 Å². The van der Waals surface area contributed by atoms with Crippen LogP contribution < -0.4 is 5.73 Å². The Morgan fingerprint density at radius 3 is 2.75 bits per heavy atom. The summed E-state index contributed by atoms with van der Waals surface area (Å²) >= 11 is 7.79. The van der Waals surface area contributed by atoms with E-state index in [1.54, 1.807) is 6.07 Å². The minimum absolute atomic E-state index is 0.00181. The molecule has 0 bridgehead atoms. The van der Waals surface area contributed by atoms with Gasteiger partial charge in [0.1, 0.15) is 5.82 Å². The SMILES string of the molecule is CN(CC(N)=S)C(=O)c1ccc(Br)cc1F. The van der Waals surface area contributed by atoms with Gasteiger partial charge in [-0.25, -0.2) is 4.39 Å². The number of halogens is 2. The zero-order valence-corrected chi connectivity index (χ0v) is 10.9. The van der Waals surface area contributed by atoms with Crippen molar-refractivity contribution in [3.63, 3.8) is 0 Å². The third-order valence-corrected chi connectivity index (χ3v) is 2.52. The van der Waals surface area contributed by atoms with Gasteiger partial charge in [-0.15, -0.1) is 0 Å². The topological polar surface area (TPSA) is 46.3 Å². The predicted molar refractivity (Wildman–Crippen MR) is 67.8 cm³/mol. The van der Waals surface area contributed by atoms with Crippen molar-refractivity contribution in [1.29, 1.82) is 0 Å². The molecule has 1 aromatic rings. The summed E-state index contributed by atoms with van der Waals surface area (Å²) in [6, 6.07) is 4.25. The molecule has 0 fully saturated rings. The second kappa shape index (κ2) is 5.36. The van der Waals surface area contributed by atoms with E-state index in [9.17, 15) is 9.18 Å². The lowest BCUT2D eigenvalue weighted by Gasteiger charge is -2.16. The molecule has 1 rings (SSSR count). The molecule has 0 heterocycles. The van der Waals surface area contributed by atoms with Crippen LogP contribution in [0.1, 0.15) is 10.4 Å². The van der Waals surface area contributed by atoms with Gasteiger partial charge in [-0.3, -0.25) is 4.79 Å². The Labute approximate surface area is 107 Å². The summed E-state index contributed by atoms with van der Waals surface area (Å²) in [7, 11) is 1.52. The van der Waals surface area contributed by atoms with E-state index in [2.05, 4.69) is 28.1 Å². The fraction of sp³-hybridized carbons (Fsp3) is 0.200. The summed E-state index contributed by atoms with van der Waals surface area (Å²) in [5, 5.41) is 0. The first-order valence-electron chi connectivity index (χ1n) is 4.40. The van der Waals surface area contributed by atoms with Gasteiger partial charge in [0, 0.05) is 11.5 Å². The normalized spacial score (nSPS) is 9.94. The van der Waals surface area contributed by atoms with Crippen LogP contribution in [0.2, 0.25) is 0 Å². The Balaban J connectivity index is 2.92. The van der Waals surface area contributed by atoms with E-state index in [1.807, 2.05) is 0 Å². The minimum Gasteiger partial charge on any atom is -0.392 e. The Morgan fingerprint density at radius 1 is 1.62 bits per heavy atom. The van der Waals surface area contributed by atoms with Crippen LogP contribution in [0, 0.1) is 5.82 Å². The molecule has 0 spiro atoms. The van der Waals surface area contributed by atoms with Crippen LogP contribution in [0.3, 0.4) is 0 Å². The Kier molecular flexibility index (Phi) is 4.37. The van der Waals surface area contributed by atoms with Crippen molar-refractivity contribution < 1.29 is 9.18 Å². The zero-order valence-electron chi connectivity index (χ0n) is 8.54. The number of nitrogens with two attached hydrogens (primary N) is 1. The molecule has 1 aromatic carbocycles. The zero-order chi connectivity index (χ0) is 12.3. The number of amides is 1. The van der Waals surface area contributed by atoms with Crippen LogP contribution in [-0.4, -0.2) is 29.4 Å². The molecule has 6 heteroatoms. The van der Waals surface area contributed by atoms with Crippen molar-refractivity contribution in [3.8, 4) is 0 Å². The number of carbonyl (C=O) groups excluding carboxylic acids is 1. The smallest absolute Gasteiger partial charge is 0.256 e. The third-order valence-electron chi connectivity index (χ3n) is 1.90. The van der Waals surface area contributed by atoms with Gasteiger partial charge >= 0.3 is 0 Å². The van der Waals surface area contributed by atoms with Gasteiger partial charge < -0.3 is 10.6 Å². The van der Waals surface area contributed by atoms with Gasteiger partial charge in [0.2, 0.25) is 0 Å². The largest absolute Gasteiger partial charge is 0.392 e. The molecule has 0 saturated heterocycles.